The van der Waals surface area contributed by atoms with E-state index >= 15 is 0 Å². The van der Waals surface area contributed by atoms with Crippen LogP contribution in [-0.4, -0.2) is 42.9 Å². The summed E-state index contributed by atoms with van der Waals surface area (Å²) in [4.78, 5) is 11.6. The number of rotatable bonds is 2. The highest BCUT2D eigenvalue weighted by Gasteiger charge is 2.31. The molecule has 1 amide bonds. The first-order chi connectivity index (χ1) is 6.44. The number of ether oxygens (including phenoxy) is 1. The van der Waals surface area contributed by atoms with Gasteiger partial charge in [-0.1, -0.05) is 0 Å². The summed E-state index contributed by atoms with van der Waals surface area (Å²) in [7, 11) is 1.72. The van der Waals surface area contributed by atoms with E-state index in [9.17, 15) is 4.79 Å². The quantitative estimate of drug-likeness (QED) is 0.632. The Balaban J connectivity index is 2.47. The fraction of sp³-hybridized carbons (Fsp3) is 0.889. The smallest absolute Gasteiger partial charge is 0.425 e. The normalized spacial score (nSPS) is 17.4. The van der Waals surface area contributed by atoms with Gasteiger partial charge in [0.2, 0.25) is 0 Å². The van der Waals surface area contributed by atoms with E-state index in [-0.39, 0.29) is 12.1 Å². The first-order valence-corrected chi connectivity index (χ1v) is 4.84. The van der Waals surface area contributed by atoms with Crippen molar-refractivity contribution in [1.82, 2.24) is 15.8 Å². The van der Waals surface area contributed by atoms with Crippen LogP contribution in [0.4, 0.5) is 4.79 Å². The van der Waals surface area contributed by atoms with Crippen molar-refractivity contribution in [3.8, 4) is 0 Å². The first-order valence-electron chi connectivity index (χ1n) is 4.84. The third-order valence-corrected chi connectivity index (χ3v) is 1.96. The summed E-state index contributed by atoms with van der Waals surface area (Å²) in [5.74, 6) is 0. The highest BCUT2D eigenvalue weighted by atomic mass is 16.6. The predicted molar refractivity (Wildman–Crippen MR) is 53.8 cm³/mol. The molecular weight excluding hydrogens is 182 g/mol. The maximum Gasteiger partial charge on any atom is 0.425 e. The van der Waals surface area contributed by atoms with Crippen molar-refractivity contribution < 1.29 is 9.53 Å². The van der Waals surface area contributed by atoms with Crippen LogP contribution in [0.2, 0.25) is 0 Å². The highest BCUT2D eigenvalue weighted by molar-refractivity contribution is 5.68. The predicted octanol–water partition coefficient (Wildman–Crippen LogP) is 0.330. The van der Waals surface area contributed by atoms with Crippen LogP contribution in [0.3, 0.4) is 0 Å². The Kier molecular flexibility index (Phi) is 3.34. The molecule has 1 rings (SSSR count). The van der Waals surface area contributed by atoms with Crippen LogP contribution in [0.25, 0.3) is 0 Å². The molecule has 0 aromatic heterocycles. The maximum absolute atomic E-state index is 11.6. The van der Waals surface area contributed by atoms with Crippen LogP contribution in [0, 0.1) is 0 Å². The number of nitrogens with one attached hydrogen (secondary N) is 2. The molecule has 5 heteroatoms. The third-order valence-electron chi connectivity index (χ3n) is 1.96. The molecule has 5 nitrogen and oxygen atoms in total. The molecule has 1 fully saturated rings. The Morgan fingerprint density at radius 2 is 2.07 bits per heavy atom. The van der Waals surface area contributed by atoms with Crippen molar-refractivity contribution in [3.05, 3.63) is 0 Å². The lowest BCUT2D eigenvalue weighted by Gasteiger charge is -2.37. The van der Waals surface area contributed by atoms with Gasteiger partial charge in [0, 0.05) is 20.1 Å². The minimum Gasteiger partial charge on any atom is -0.443 e. The molecule has 14 heavy (non-hydrogen) atoms. The molecule has 0 radical (unpaired) electrons. The Morgan fingerprint density at radius 1 is 1.50 bits per heavy atom. The van der Waals surface area contributed by atoms with Crippen molar-refractivity contribution >= 4 is 6.09 Å². The van der Waals surface area contributed by atoms with Gasteiger partial charge in [-0.15, -0.1) is 0 Å². The van der Waals surface area contributed by atoms with Crippen molar-refractivity contribution in [2.24, 2.45) is 0 Å². The second-order valence-corrected chi connectivity index (χ2v) is 4.39. The number of amides is 1. The largest absolute Gasteiger partial charge is 0.443 e. The Morgan fingerprint density at radius 3 is 2.36 bits per heavy atom. The summed E-state index contributed by atoms with van der Waals surface area (Å²) in [6, 6.07) is 0.204. The summed E-state index contributed by atoms with van der Waals surface area (Å²) in [5.41, 5.74) is 2.40. The van der Waals surface area contributed by atoms with Gasteiger partial charge >= 0.3 is 6.09 Å². The lowest BCUT2D eigenvalue weighted by atomic mass is 10.2. The van der Waals surface area contributed by atoms with Gasteiger partial charge in [-0.05, 0) is 20.8 Å². The van der Waals surface area contributed by atoms with Gasteiger partial charge in [-0.3, -0.25) is 0 Å². The van der Waals surface area contributed by atoms with E-state index < -0.39 is 5.60 Å². The zero-order valence-corrected chi connectivity index (χ0v) is 9.26. The fourth-order valence-electron chi connectivity index (χ4n) is 1.19. The minimum absolute atomic E-state index is 0.204. The van der Waals surface area contributed by atoms with Crippen LogP contribution >= 0.6 is 0 Å². The number of carbonyl (C=O) groups is 1. The molecule has 0 aromatic carbocycles. The summed E-state index contributed by atoms with van der Waals surface area (Å²) in [5, 5.41) is 4.63. The van der Waals surface area contributed by atoms with E-state index in [1.807, 2.05) is 20.8 Å². The molecule has 1 heterocycles. The fourth-order valence-corrected chi connectivity index (χ4v) is 1.19. The molecule has 82 valence electrons. The molecular formula is C9H19N3O2. The van der Waals surface area contributed by atoms with E-state index in [4.69, 9.17) is 4.74 Å². The molecule has 2 N–H and O–H groups in total. The van der Waals surface area contributed by atoms with Crippen LogP contribution in [0.15, 0.2) is 0 Å². The average Bonchev–Trinajstić information content (AvgIpc) is 1.92. The van der Waals surface area contributed by atoms with Gasteiger partial charge in [0.05, 0.1) is 6.04 Å². The van der Waals surface area contributed by atoms with E-state index in [0.29, 0.717) is 0 Å². The molecule has 0 saturated carbocycles. The number of hydrogen-bond acceptors (Lipinski definition) is 4. The van der Waals surface area contributed by atoms with Crippen LogP contribution in [0.5, 0.6) is 0 Å². The number of carbonyl (C=O) groups excluding carboxylic acids is 1. The van der Waals surface area contributed by atoms with Gasteiger partial charge in [0.25, 0.3) is 0 Å². The molecule has 0 aliphatic carbocycles. The summed E-state index contributed by atoms with van der Waals surface area (Å²) in [6.07, 6.45) is -0.313. The second kappa shape index (κ2) is 4.14. The highest BCUT2D eigenvalue weighted by Crippen LogP contribution is 2.11. The average molecular weight is 201 g/mol. The SMILES string of the molecule is CNN(C(=O)OC(C)(C)C)C1CNC1. The Labute approximate surface area is 84.8 Å². The van der Waals surface area contributed by atoms with Crippen molar-refractivity contribution in [2.75, 3.05) is 20.1 Å². The number of hydrazine groups is 1. The van der Waals surface area contributed by atoms with Crippen LogP contribution in [0.1, 0.15) is 20.8 Å². The Hall–Kier alpha value is -0.810. The zero-order valence-electron chi connectivity index (χ0n) is 9.26. The van der Waals surface area contributed by atoms with Crippen molar-refractivity contribution in [3.63, 3.8) is 0 Å². The molecule has 0 bridgehead atoms. The van der Waals surface area contributed by atoms with Crippen molar-refractivity contribution in [1.29, 1.82) is 0 Å². The monoisotopic (exact) mass is 201 g/mol. The third kappa shape index (κ3) is 2.85. The van der Waals surface area contributed by atoms with Crippen LogP contribution in [-0.2, 0) is 4.74 Å². The molecule has 0 atom stereocenters. The van der Waals surface area contributed by atoms with Gasteiger partial charge < -0.3 is 10.1 Å². The molecule has 0 aromatic rings. The van der Waals surface area contributed by atoms with Crippen LogP contribution < -0.4 is 10.7 Å². The zero-order chi connectivity index (χ0) is 10.8. The van der Waals surface area contributed by atoms with Gasteiger partial charge in [-0.25, -0.2) is 15.2 Å². The molecule has 1 aliphatic heterocycles. The lowest BCUT2D eigenvalue weighted by molar-refractivity contribution is -0.00225. The lowest BCUT2D eigenvalue weighted by Crippen LogP contribution is -2.62. The topological polar surface area (TPSA) is 53.6 Å². The standard InChI is InChI=1S/C9H19N3O2/c1-9(2,3)14-8(13)12(10-4)7-5-11-6-7/h7,10-11H,5-6H2,1-4H3. The maximum atomic E-state index is 11.6. The summed E-state index contributed by atoms with van der Waals surface area (Å²) < 4.78 is 5.24. The first kappa shape index (κ1) is 11.3. The van der Waals surface area contributed by atoms with Gasteiger partial charge in [0.1, 0.15) is 5.60 Å². The Bertz CT molecular complexity index is 209. The van der Waals surface area contributed by atoms with E-state index in [2.05, 4.69) is 10.7 Å². The molecule has 0 unspecified atom stereocenters. The van der Waals surface area contributed by atoms with Gasteiger partial charge in [-0.2, -0.15) is 0 Å². The van der Waals surface area contributed by atoms with E-state index in [1.165, 1.54) is 5.01 Å². The molecule has 1 aliphatic rings. The number of nitrogens with zero attached hydrogens (tertiary/aromatic N) is 1. The minimum atomic E-state index is -0.441. The van der Waals surface area contributed by atoms with Gasteiger partial charge in [0.15, 0.2) is 0 Å². The number of hydrogen-bond donors (Lipinski definition) is 2. The van der Waals surface area contributed by atoms with Crippen molar-refractivity contribution in [2.45, 2.75) is 32.4 Å². The van der Waals surface area contributed by atoms with E-state index in [0.717, 1.165) is 13.1 Å². The second-order valence-electron chi connectivity index (χ2n) is 4.39. The summed E-state index contributed by atoms with van der Waals surface area (Å²) >= 11 is 0. The van der Waals surface area contributed by atoms with E-state index in [1.54, 1.807) is 7.05 Å². The summed E-state index contributed by atoms with van der Waals surface area (Å²) in [6.45, 7) is 7.22. The molecule has 1 saturated heterocycles. The molecule has 0 spiro atoms.